The largest absolute Gasteiger partial charge is 0.386 e. The second kappa shape index (κ2) is 3.00. The topological polar surface area (TPSA) is 42.2 Å². The van der Waals surface area contributed by atoms with Gasteiger partial charge in [-0.25, -0.2) is 0 Å². The molecule has 3 heteroatoms. The molecule has 0 saturated carbocycles. The Morgan fingerprint density at radius 1 is 1.38 bits per heavy atom. The Hall–Kier alpha value is -1.09. The van der Waals surface area contributed by atoms with Gasteiger partial charge < -0.3 is 9.67 Å². The zero-order valence-corrected chi connectivity index (χ0v) is 8.46. The quantitative estimate of drug-likeness (QED) is 0.700. The van der Waals surface area contributed by atoms with Crippen molar-refractivity contribution in [1.82, 2.24) is 4.57 Å². The van der Waals surface area contributed by atoms with Crippen molar-refractivity contribution in [2.45, 2.75) is 26.4 Å². The average Bonchev–Trinajstić information content (AvgIpc) is 1.98. The van der Waals surface area contributed by atoms with E-state index in [1.165, 1.54) is 4.57 Å². The lowest BCUT2D eigenvalue weighted by atomic mass is 10.00. The lowest BCUT2D eigenvalue weighted by molar-refractivity contribution is 0.0765. The Morgan fingerprint density at radius 3 is 2.38 bits per heavy atom. The van der Waals surface area contributed by atoms with E-state index in [4.69, 9.17) is 0 Å². The molecule has 72 valence electrons. The molecule has 0 fully saturated rings. The number of hydrogen-bond donors (Lipinski definition) is 1. The summed E-state index contributed by atoms with van der Waals surface area (Å²) in [7, 11) is 1.70. The molecule has 0 unspecified atom stereocenters. The van der Waals surface area contributed by atoms with Crippen LogP contribution in [0.5, 0.6) is 0 Å². The summed E-state index contributed by atoms with van der Waals surface area (Å²) in [6.07, 6.45) is 0. The highest BCUT2D eigenvalue weighted by molar-refractivity contribution is 5.20. The summed E-state index contributed by atoms with van der Waals surface area (Å²) in [5, 5.41) is 9.67. The van der Waals surface area contributed by atoms with Crippen LogP contribution in [0.25, 0.3) is 0 Å². The molecule has 0 saturated heterocycles. The van der Waals surface area contributed by atoms with Crippen LogP contribution in [0.15, 0.2) is 16.9 Å². The maximum Gasteiger partial charge on any atom is 0.256 e. The van der Waals surface area contributed by atoms with Crippen LogP contribution < -0.4 is 5.56 Å². The smallest absolute Gasteiger partial charge is 0.256 e. The van der Waals surface area contributed by atoms with Gasteiger partial charge in [0.1, 0.15) is 0 Å². The average molecular weight is 181 g/mol. The number of hydrogen-bond acceptors (Lipinski definition) is 2. The first kappa shape index (κ1) is 9.99. The third kappa shape index (κ3) is 1.80. The third-order valence-electron chi connectivity index (χ3n) is 2.21. The summed E-state index contributed by atoms with van der Waals surface area (Å²) < 4.78 is 1.54. The fourth-order valence-corrected chi connectivity index (χ4v) is 1.19. The van der Waals surface area contributed by atoms with Crippen LogP contribution in [0.2, 0.25) is 0 Å². The molecule has 13 heavy (non-hydrogen) atoms. The first-order valence-electron chi connectivity index (χ1n) is 4.23. The van der Waals surface area contributed by atoms with Crippen LogP contribution in [-0.4, -0.2) is 9.67 Å². The summed E-state index contributed by atoms with van der Waals surface area (Å²) in [6.45, 7) is 5.08. The molecule has 0 bridgehead atoms. The van der Waals surface area contributed by atoms with Crippen LogP contribution in [0, 0.1) is 6.92 Å². The Balaban J connectivity index is 3.44. The lowest BCUT2D eigenvalue weighted by Gasteiger charge is -2.18. The summed E-state index contributed by atoms with van der Waals surface area (Å²) in [6, 6.07) is 3.51. The molecule has 0 atom stereocenters. The molecular formula is C10H15NO2. The number of aryl methyl sites for hydroxylation is 1. The SMILES string of the molecule is Cc1ccc(C(C)(C)O)c(=O)n1C. The first-order chi connectivity index (χ1) is 5.84. The molecule has 0 aliphatic rings. The van der Waals surface area contributed by atoms with Gasteiger partial charge in [-0.2, -0.15) is 0 Å². The van der Waals surface area contributed by atoms with Gasteiger partial charge in [-0.15, -0.1) is 0 Å². The molecule has 3 nitrogen and oxygen atoms in total. The molecule has 1 aromatic heterocycles. The van der Waals surface area contributed by atoms with Crippen molar-refractivity contribution >= 4 is 0 Å². The van der Waals surface area contributed by atoms with E-state index < -0.39 is 5.60 Å². The van der Waals surface area contributed by atoms with Crippen molar-refractivity contribution in [1.29, 1.82) is 0 Å². The van der Waals surface area contributed by atoms with Crippen molar-refractivity contribution in [3.8, 4) is 0 Å². The molecule has 1 N–H and O–H groups in total. The lowest BCUT2D eigenvalue weighted by Crippen LogP contribution is -2.31. The fraction of sp³-hybridized carbons (Fsp3) is 0.500. The summed E-state index contributed by atoms with van der Waals surface area (Å²) in [5.74, 6) is 0. The van der Waals surface area contributed by atoms with E-state index in [0.29, 0.717) is 5.56 Å². The van der Waals surface area contributed by atoms with E-state index in [1.54, 1.807) is 27.0 Å². The van der Waals surface area contributed by atoms with E-state index in [1.807, 2.05) is 13.0 Å². The molecule has 0 aromatic carbocycles. The highest BCUT2D eigenvalue weighted by Crippen LogP contribution is 2.15. The standard InChI is InChI=1S/C10H15NO2/c1-7-5-6-8(10(2,3)13)9(12)11(7)4/h5-6,13H,1-4H3. The second-order valence-electron chi connectivity index (χ2n) is 3.81. The third-order valence-corrected chi connectivity index (χ3v) is 2.21. The molecular weight excluding hydrogens is 166 g/mol. The molecule has 0 aliphatic carbocycles. The zero-order chi connectivity index (χ0) is 10.2. The molecule has 0 amide bonds. The van der Waals surface area contributed by atoms with Crippen molar-refractivity contribution in [2.24, 2.45) is 7.05 Å². The van der Waals surface area contributed by atoms with Crippen molar-refractivity contribution in [2.75, 3.05) is 0 Å². The number of pyridine rings is 1. The molecule has 0 radical (unpaired) electrons. The molecule has 1 rings (SSSR count). The van der Waals surface area contributed by atoms with E-state index in [-0.39, 0.29) is 5.56 Å². The monoisotopic (exact) mass is 181 g/mol. The number of aliphatic hydroxyl groups is 1. The highest BCUT2D eigenvalue weighted by atomic mass is 16.3. The summed E-state index contributed by atoms with van der Waals surface area (Å²) in [4.78, 5) is 11.6. The predicted octanol–water partition coefficient (Wildman–Crippen LogP) is 0.921. The minimum atomic E-state index is -1.07. The van der Waals surface area contributed by atoms with Gasteiger partial charge in [-0.05, 0) is 32.9 Å². The summed E-state index contributed by atoms with van der Waals surface area (Å²) >= 11 is 0. The minimum Gasteiger partial charge on any atom is -0.386 e. The Morgan fingerprint density at radius 2 is 1.92 bits per heavy atom. The van der Waals surface area contributed by atoms with Gasteiger partial charge in [0, 0.05) is 18.3 Å². The first-order valence-corrected chi connectivity index (χ1v) is 4.23. The molecule has 1 heterocycles. The second-order valence-corrected chi connectivity index (χ2v) is 3.81. The fourth-order valence-electron chi connectivity index (χ4n) is 1.19. The van der Waals surface area contributed by atoms with Gasteiger partial charge in [0.15, 0.2) is 0 Å². The van der Waals surface area contributed by atoms with Crippen LogP contribution >= 0.6 is 0 Å². The van der Waals surface area contributed by atoms with Crippen LogP contribution in [-0.2, 0) is 12.6 Å². The van der Waals surface area contributed by atoms with Gasteiger partial charge >= 0.3 is 0 Å². The van der Waals surface area contributed by atoms with Gasteiger partial charge in [0.25, 0.3) is 5.56 Å². The minimum absolute atomic E-state index is 0.132. The van der Waals surface area contributed by atoms with E-state index in [9.17, 15) is 9.90 Å². The maximum absolute atomic E-state index is 11.6. The Bertz CT molecular complexity index is 371. The van der Waals surface area contributed by atoms with Gasteiger partial charge in [0.2, 0.25) is 0 Å². The molecule has 1 aromatic rings. The number of nitrogens with zero attached hydrogens (tertiary/aromatic N) is 1. The normalized spacial score (nSPS) is 11.8. The summed E-state index contributed by atoms with van der Waals surface area (Å²) in [5.41, 5.74) is 0.119. The van der Waals surface area contributed by atoms with Crippen molar-refractivity contribution < 1.29 is 5.11 Å². The predicted molar refractivity (Wildman–Crippen MR) is 51.7 cm³/mol. The van der Waals surface area contributed by atoms with Gasteiger partial charge in [0.05, 0.1) is 5.60 Å². The van der Waals surface area contributed by atoms with Crippen molar-refractivity contribution in [3.05, 3.63) is 33.7 Å². The molecule has 0 aliphatic heterocycles. The van der Waals surface area contributed by atoms with Crippen LogP contribution in [0.1, 0.15) is 25.1 Å². The van der Waals surface area contributed by atoms with E-state index in [2.05, 4.69) is 0 Å². The Labute approximate surface area is 77.6 Å². The zero-order valence-electron chi connectivity index (χ0n) is 8.46. The van der Waals surface area contributed by atoms with E-state index in [0.717, 1.165) is 5.69 Å². The Kier molecular flexibility index (Phi) is 2.30. The van der Waals surface area contributed by atoms with Crippen LogP contribution in [0.3, 0.4) is 0 Å². The highest BCUT2D eigenvalue weighted by Gasteiger charge is 2.20. The van der Waals surface area contributed by atoms with Crippen LogP contribution in [0.4, 0.5) is 0 Å². The van der Waals surface area contributed by atoms with E-state index >= 15 is 0 Å². The van der Waals surface area contributed by atoms with Gasteiger partial charge in [-0.1, -0.05) is 0 Å². The number of aromatic nitrogens is 1. The molecule has 0 spiro atoms. The number of rotatable bonds is 1. The van der Waals surface area contributed by atoms with Crippen molar-refractivity contribution in [3.63, 3.8) is 0 Å². The van der Waals surface area contributed by atoms with Gasteiger partial charge in [-0.3, -0.25) is 4.79 Å². The maximum atomic E-state index is 11.6.